The van der Waals surface area contributed by atoms with Gasteiger partial charge in [0.05, 0.1) is 6.04 Å². The van der Waals surface area contributed by atoms with Gasteiger partial charge in [-0.15, -0.1) is 11.3 Å². The molecule has 0 spiro atoms. The third-order valence-corrected chi connectivity index (χ3v) is 6.60. The van der Waals surface area contributed by atoms with Crippen LogP contribution in [0.25, 0.3) is 0 Å². The summed E-state index contributed by atoms with van der Waals surface area (Å²) in [5.41, 5.74) is 3.57. The van der Waals surface area contributed by atoms with Gasteiger partial charge < -0.3 is 14.7 Å². The van der Waals surface area contributed by atoms with E-state index in [0.717, 1.165) is 24.8 Å². The highest BCUT2D eigenvalue weighted by atomic mass is 32.1. The highest BCUT2D eigenvalue weighted by Gasteiger charge is 2.38. The Balaban J connectivity index is 1.62. The molecule has 28 heavy (non-hydrogen) atoms. The van der Waals surface area contributed by atoms with E-state index in [1.54, 1.807) is 35.2 Å². The molecule has 1 aliphatic heterocycles. The normalized spacial score (nSPS) is 18.5. The number of fused-ring (bicyclic) bond motifs is 1. The molecule has 0 bridgehead atoms. The first-order chi connectivity index (χ1) is 13.5. The maximum absolute atomic E-state index is 13.4. The van der Waals surface area contributed by atoms with E-state index in [0.29, 0.717) is 6.54 Å². The van der Waals surface area contributed by atoms with Crippen LogP contribution in [0.1, 0.15) is 40.5 Å². The average molecular weight is 398 g/mol. The number of benzene rings is 1. The van der Waals surface area contributed by atoms with Crippen LogP contribution in [0.2, 0.25) is 0 Å². The second-order valence-electron chi connectivity index (χ2n) is 7.99. The van der Waals surface area contributed by atoms with Gasteiger partial charge in [-0.05, 0) is 48.8 Å². The third-order valence-electron chi connectivity index (χ3n) is 5.60. The molecule has 2 aliphatic rings. The van der Waals surface area contributed by atoms with Gasteiger partial charge in [-0.1, -0.05) is 29.8 Å². The lowest BCUT2D eigenvalue weighted by atomic mass is 9.92. The van der Waals surface area contributed by atoms with Crippen LogP contribution >= 0.6 is 11.3 Å². The Morgan fingerprint density at radius 2 is 1.86 bits per heavy atom. The first-order valence-electron chi connectivity index (χ1n) is 9.86. The van der Waals surface area contributed by atoms with Crippen LogP contribution in [-0.4, -0.2) is 59.9 Å². The molecule has 6 heteroatoms. The van der Waals surface area contributed by atoms with E-state index in [1.807, 2.05) is 4.90 Å². The van der Waals surface area contributed by atoms with E-state index in [9.17, 15) is 9.59 Å². The average Bonchev–Trinajstić information content (AvgIpc) is 3.41. The molecule has 5 nitrogen and oxygen atoms in total. The molecule has 148 valence electrons. The van der Waals surface area contributed by atoms with Crippen molar-refractivity contribution in [3.05, 3.63) is 57.3 Å². The van der Waals surface area contributed by atoms with E-state index in [4.69, 9.17) is 0 Å². The van der Waals surface area contributed by atoms with Crippen molar-refractivity contribution < 1.29 is 9.59 Å². The smallest absolute Gasteiger partial charge is 0.320 e. The molecule has 0 N–H and O–H groups in total. The Bertz CT molecular complexity index is 870. The minimum Gasteiger partial charge on any atom is -0.331 e. The monoisotopic (exact) mass is 397 g/mol. The molecule has 1 aromatic carbocycles. The molecule has 3 amide bonds. The molecule has 0 radical (unpaired) electrons. The van der Waals surface area contributed by atoms with Crippen molar-refractivity contribution in [1.29, 1.82) is 0 Å². The fourth-order valence-corrected chi connectivity index (χ4v) is 4.83. The zero-order valence-corrected chi connectivity index (χ0v) is 17.5. The summed E-state index contributed by atoms with van der Waals surface area (Å²) in [6.07, 6.45) is 2.86. The van der Waals surface area contributed by atoms with Crippen molar-refractivity contribution in [3.8, 4) is 0 Å². The number of urea groups is 1. The molecular weight excluding hydrogens is 370 g/mol. The zero-order chi connectivity index (χ0) is 19.8. The molecule has 1 aromatic heterocycles. The van der Waals surface area contributed by atoms with Crippen molar-refractivity contribution in [2.24, 2.45) is 0 Å². The first-order valence-corrected chi connectivity index (χ1v) is 10.7. The van der Waals surface area contributed by atoms with Crippen molar-refractivity contribution in [2.75, 3.05) is 27.2 Å². The van der Waals surface area contributed by atoms with Gasteiger partial charge in [0, 0.05) is 31.6 Å². The number of aryl methyl sites for hydroxylation is 1. The van der Waals surface area contributed by atoms with Crippen LogP contribution in [0.4, 0.5) is 4.79 Å². The number of nitrogens with zero attached hydrogens (tertiary/aromatic N) is 3. The standard InChI is InChI=1S/C22H27N3O2S/c1-15-4-6-16(7-5-15)21-18-11-13-28-19(18)10-12-24(21)20(26)14-25(17-8-9-17)22(27)23(2)3/h4-7,11,13,17,21H,8-10,12,14H2,1-3H3/t21-/m1/s1. The van der Waals surface area contributed by atoms with E-state index in [1.165, 1.54) is 16.0 Å². The molecular formula is C22H27N3O2S. The Hall–Kier alpha value is -2.34. The van der Waals surface area contributed by atoms with Crippen molar-refractivity contribution in [3.63, 3.8) is 0 Å². The molecule has 2 heterocycles. The number of thiophene rings is 1. The quantitative estimate of drug-likeness (QED) is 0.790. The molecule has 1 saturated carbocycles. The summed E-state index contributed by atoms with van der Waals surface area (Å²) >= 11 is 1.77. The summed E-state index contributed by atoms with van der Waals surface area (Å²) in [7, 11) is 3.49. The number of hydrogen-bond donors (Lipinski definition) is 0. The van der Waals surface area contributed by atoms with E-state index < -0.39 is 0 Å². The molecule has 2 aromatic rings. The number of amides is 3. The topological polar surface area (TPSA) is 43.9 Å². The molecule has 1 atom stereocenters. The second kappa shape index (κ2) is 7.59. The third kappa shape index (κ3) is 3.65. The maximum Gasteiger partial charge on any atom is 0.320 e. The second-order valence-corrected chi connectivity index (χ2v) is 8.99. The largest absolute Gasteiger partial charge is 0.331 e. The van der Waals surface area contributed by atoms with Crippen LogP contribution in [0, 0.1) is 6.92 Å². The van der Waals surface area contributed by atoms with Crippen LogP contribution in [0.5, 0.6) is 0 Å². The fraction of sp³-hybridized carbons (Fsp3) is 0.455. The van der Waals surface area contributed by atoms with Crippen LogP contribution in [0.3, 0.4) is 0 Å². The Labute approximate surface area is 170 Å². The number of rotatable bonds is 4. The first kappa shape index (κ1) is 19.0. The predicted molar refractivity (Wildman–Crippen MR) is 112 cm³/mol. The number of hydrogen-bond acceptors (Lipinski definition) is 3. The van der Waals surface area contributed by atoms with E-state index >= 15 is 0 Å². The van der Waals surface area contributed by atoms with Crippen molar-refractivity contribution in [2.45, 2.75) is 38.3 Å². The van der Waals surface area contributed by atoms with Crippen molar-refractivity contribution in [1.82, 2.24) is 14.7 Å². The van der Waals surface area contributed by atoms with Gasteiger partial charge in [0.2, 0.25) is 5.91 Å². The van der Waals surface area contributed by atoms with Crippen molar-refractivity contribution >= 4 is 23.3 Å². The highest BCUT2D eigenvalue weighted by Crippen LogP contribution is 2.38. The SMILES string of the molecule is Cc1ccc([C@@H]2c3ccsc3CCN2C(=O)CN(C(=O)N(C)C)C2CC2)cc1. The lowest BCUT2D eigenvalue weighted by Crippen LogP contribution is -2.49. The highest BCUT2D eigenvalue weighted by molar-refractivity contribution is 7.10. The van der Waals surface area contributed by atoms with Crippen LogP contribution in [-0.2, 0) is 11.2 Å². The van der Waals surface area contributed by atoms with Gasteiger partial charge in [-0.25, -0.2) is 4.79 Å². The molecule has 0 saturated heterocycles. The van der Waals surface area contributed by atoms with Gasteiger partial charge in [0.15, 0.2) is 0 Å². The lowest BCUT2D eigenvalue weighted by molar-refractivity contribution is -0.134. The molecule has 0 unspecified atom stereocenters. The van der Waals surface area contributed by atoms with Gasteiger partial charge in [0.1, 0.15) is 6.54 Å². The van der Waals surface area contributed by atoms with Gasteiger partial charge >= 0.3 is 6.03 Å². The van der Waals surface area contributed by atoms with Gasteiger partial charge in [0.25, 0.3) is 0 Å². The lowest BCUT2D eigenvalue weighted by Gasteiger charge is -2.38. The Morgan fingerprint density at radius 1 is 1.14 bits per heavy atom. The van der Waals surface area contributed by atoms with Gasteiger partial charge in [-0.3, -0.25) is 4.79 Å². The summed E-state index contributed by atoms with van der Waals surface area (Å²) in [6, 6.07) is 10.7. The minimum atomic E-state index is -0.0732. The van der Waals surface area contributed by atoms with Crippen LogP contribution < -0.4 is 0 Å². The summed E-state index contributed by atoms with van der Waals surface area (Å²) in [5, 5.41) is 2.12. The number of carbonyl (C=O) groups is 2. The fourth-order valence-electron chi connectivity index (χ4n) is 3.93. The Kier molecular flexibility index (Phi) is 5.15. The zero-order valence-electron chi connectivity index (χ0n) is 16.7. The Morgan fingerprint density at radius 3 is 2.50 bits per heavy atom. The molecule has 4 rings (SSSR count). The minimum absolute atomic E-state index is 0.0320. The summed E-state index contributed by atoms with van der Waals surface area (Å²) in [6.45, 7) is 2.92. The molecule has 1 fully saturated rings. The van der Waals surface area contributed by atoms with E-state index in [2.05, 4.69) is 42.6 Å². The van der Waals surface area contributed by atoms with E-state index in [-0.39, 0.29) is 30.6 Å². The summed E-state index contributed by atoms with van der Waals surface area (Å²) in [5.74, 6) is 0.0320. The molecule has 1 aliphatic carbocycles. The maximum atomic E-state index is 13.4. The summed E-state index contributed by atoms with van der Waals surface area (Å²) < 4.78 is 0. The predicted octanol–water partition coefficient (Wildman–Crippen LogP) is 3.68. The number of carbonyl (C=O) groups excluding carboxylic acids is 2. The summed E-state index contributed by atoms with van der Waals surface area (Å²) in [4.78, 5) is 32.6. The van der Waals surface area contributed by atoms with Crippen LogP contribution in [0.15, 0.2) is 35.7 Å². The van der Waals surface area contributed by atoms with Gasteiger partial charge in [-0.2, -0.15) is 0 Å².